The highest BCUT2D eigenvalue weighted by atomic mass is 16.8. The molecule has 19 nitrogen and oxygen atoms in total. The van der Waals surface area contributed by atoms with E-state index in [0.29, 0.717) is 12.8 Å². The quantitative estimate of drug-likeness (QED) is 0.0199. The maximum atomic E-state index is 13.4. The fourth-order valence-electron chi connectivity index (χ4n) is 12.8. The molecule has 17 atom stereocenters. The first-order chi connectivity index (χ1) is 45.3. The van der Waals surface area contributed by atoms with Crippen LogP contribution in [0.25, 0.3) is 0 Å². The average Bonchev–Trinajstić information content (AvgIpc) is 0.814. The lowest BCUT2D eigenvalue weighted by atomic mass is 9.96. The molecule has 3 fully saturated rings. The standard InChI is InChI=1S/C74H137NO18/c1-3-5-7-9-11-13-15-17-19-20-21-22-23-24-25-26-27-28-29-30-31-32-33-34-35-36-38-39-41-43-45-47-49-51-58(79)57(75-62(80)52-50-48-46-44-42-40-37-18-16-14-12-10-8-6-4-2)56-88-72-68(86)65(83)70(60(54-77)90-72)93-74-69(87)66(84)71(61(55-78)91-74)92-73-67(85)64(82)63(81)59(53-76)89-73/h18,37,41,43,49,51,57-61,63-74,76-79,81-87H,3-17,19-36,38-40,42,44-48,50,52-56H2,1-2H3,(H,75,80)/b37-18-,43-41+,51-49+. The Hall–Kier alpha value is -1.99. The first-order valence-electron chi connectivity index (χ1n) is 37.7. The summed E-state index contributed by atoms with van der Waals surface area (Å²) in [6.07, 6.45) is 40.1. The van der Waals surface area contributed by atoms with E-state index in [-0.39, 0.29) is 18.9 Å². The Morgan fingerprint density at radius 1 is 0.376 bits per heavy atom. The van der Waals surface area contributed by atoms with Crippen LogP contribution in [0, 0.1) is 0 Å². The number of hydrogen-bond donors (Lipinski definition) is 12. The number of carbonyl (C=O) groups is 1. The summed E-state index contributed by atoms with van der Waals surface area (Å²) in [6.45, 7) is 1.73. The molecule has 1 amide bonds. The van der Waals surface area contributed by atoms with Crippen LogP contribution in [0.1, 0.15) is 296 Å². The van der Waals surface area contributed by atoms with Crippen molar-refractivity contribution in [2.75, 3.05) is 26.4 Å². The van der Waals surface area contributed by atoms with Crippen LogP contribution in [-0.2, 0) is 33.2 Å². The smallest absolute Gasteiger partial charge is 0.220 e. The summed E-state index contributed by atoms with van der Waals surface area (Å²) < 4.78 is 34.3. The van der Waals surface area contributed by atoms with Gasteiger partial charge < -0.3 is 89.9 Å². The molecular formula is C74H137NO18. The number of ether oxygens (including phenoxy) is 6. The van der Waals surface area contributed by atoms with Crippen LogP contribution in [0.4, 0.5) is 0 Å². The Kier molecular flexibility index (Phi) is 51.2. The fraction of sp³-hybridized carbons (Fsp3) is 0.905. The summed E-state index contributed by atoms with van der Waals surface area (Å²) >= 11 is 0. The van der Waals surface area contributed by atoms with Gasteiger partial charge >= 0.3 is 0 Å². The highest BCUT2D eigenvalue weighted by Crippen LogP contribution is 2.33. The summed E-state index contributed by atoms with van der Waals surface area (Å²) in [5.74, 6) is -0.292. The topological polar surface area (TPSA) is 307 Å². The lowest BCUT2D eigenvalue weighted by Crippen LogP contribution is -2.66. The number of unbranched alkanes of at least 4 members (excludes halogenated alkanes) is 39. The molecule has 0 aromatic heterocycles. The van der Waals surface area contributed by atoms with E-state index in [2.05, 4.69) is 43.5 Å². The van der Waals surface area contributed by atoms with Crippen molar-refractivity contribution < 1.29 is 89.4 Å². The third-order valence-electron chi connectivity index (χ3n) is 18.9. The number of aliphatic hydroxyl groups excluding tert-OH is 11. The fourth-order valence-corrected chi connectivity index (χ4v) is 12.8. The van der Waals surface area contributed by atoms with Crippen molar-refractivity contribution in [1.29, 1.82) is 0 Å². The number of allylic oxidation sites excluding steroid dienone is 5. The van der Waals surface area contributed by atoms with Gasteiger partial charge in [0.15, 0.2) is 18.9 Å². The van der Waals surface area contributed by atoms with Gasteiger partial charge in [0.2, 0.25) is 5.91 Å². The zero-order valence-electron chi connectivity index (χ0n) is 58.0. The van der Waals surface area contributed by atoms with E-state index in [1.54, 1.807) is 6.08 Å². The predicted molar refractivity (Wildman–Crippen MR) is 365 cm³/mol. The number of nitrogens with one attached hydrogen (secondary N) is 1. The maximum Gasteiger partial charge on any atom is 0.220 e. The second kappa shape index (κ2) is 55.8. The first-order valence-corrected chi connectivity index (χ1v) is 37.7. The third kappa shape index (κ3) is 37.1. The molecule has 3 aliphatic heterocycles. The summed E-state index contributed by atoms with van der Waals surface area (Å²) in [5.41, 5.74) is 0. The van der Waals surface area contributed by atoms with Gasteiger partial charge in [-0.2, -0.15) is 0 Å². The van der Waals surface area contributed by atoms with Crippen LogP contribution in [-0.4, -0.2) is 193 Å². The van der Waals surface area contributed by atoms with E-state index in [9.17, 15) is 61.0 Å². The second-order valence-electron chi connectivity index (χ2n) is 27.1. The number of amides is 1. The normalized spacial score (nSPS) is 27.7. The van der Waals surface area contributed by atoms with Gasteiger partial charge in [-0.3, -0.25) is 4.79 Å². The van der Waals surface area contributed by atoms with Crippen molar-refractivity contribution in [1.82, 2.24) is 5.32 Å². The monoisotopic (exact) mass is 1330 g/mol. The third-order valence-corrected chi connectivity index (χ3v) is 18.9. The average molecular weight is 1330 g/mol. The lowest BCUT2D eigenvalue weighted by molar-refractivity contribution is -0.379. The van der Waals surface area contributed by atoms with Crippen LogP contribution >= 0.6 is 0 Å². The molecule has 0 bridgehead atoms. The maximum absolute atomic E-state index is 13.4. The predicted octanol–water partition coefficient (Wildman–Crippen LogP) is 11.2. The Balaban J connectivity index is 1.38. The molecule has 0 spiro atoms. The number of hydrogen-bond acceptors (Lipinski definition) is 18. The van der Waals surface area contributed by atoms with Gasteiger partial charge in [-0.05, 0) is 57.8 Å². The zero-order valence-corrected chi connectivity index (χ0v) is 58.0. The molecule has 12 N–H and O–H groups in total. The van der Waals surface area contributed by atoms with Crippen molar-refractivity contribution >= 4 is 5.91 Å². The minimum absolute atomic E-state index is 0.226. The largest absolute Gasteiger partial charge is 0.394 e. The minimum atomic E-state index is -1.98. The molecule has 19 heteroatoms. The van der Waals surface area contributed by atoms with Crippen LogP contribution in [0.15, 0.2) is 36.5 Å². The van der Waals surface area contributed by atoms with Crippen molar-refractivity contribution in [2.24, 2.45) is 0 Å². The Morgan fingerprint density at radius 2 is 0.688 bits per heavy atom. The molecule has 546 valence electrons. The molecule has 0 radical (unpaired) electrons. The van der Waals surface area contributed by atoms with Crippen molar-refractivity contribution in [2.45, 2.75) is 401 Å². The van der Waals surface area contributed by atoms with Crippen molar-refractivity contribution in [3.63, 3.8) is 0 Å². The molecular weight excluding hydrogens is 1190 g/mol. The molecule has 0 aromatic carbocycles. The van der Waals surface area contributed by atoms with Gasteiger partial charge in [-0.1, -0.05) is 269 Å². The summed E-state index contributed by atoms with van der Waals surface area (Å²) in [5, 5.41) is 121. The molecule has 3 rings (SSSR count). The van der Waals surface area contributed by atoms with E-state index in [1.807, 2.05) is 6.08 Å². The molecule has 0 aliphatic carbocycles. The van der Waals surface area contributed by atoms with Crippen molar-refractivity contribution in [3.05, 3.63) is 36.5 Å². The Morgan fingerprint density at radius 3 is 1.08 bits per heavy atom. The number of carbonyl (C=O) groups excluding carboxylic acids is 1. The first kappa shape index (κ1) is 85.2. The van der Waals surface area contributed by atoms with Crippen LogP contribution in [0.5, 0.6) is 0 Å². The summed E-state index contributed by atoms with van der Waals surface area (Å²) in [7, 11) is 0. The molecule has 3 saturated heterocycles. The van der Waals surface area contributed by atoms with Crippen LogP contribution in [0.3, 0.4) is 0 Å². The minimum Gasteiger partial charge on any atom is -0.394 e. The van der Waals surface area contributed by atoms with E-state index < -0.39 is 124 Å². The van der Waals surface area contributed by atoms with Crippen LogP contribution in [0.2, 0.25) is 0 Å². The van der Waals surface area contributed by atoms with Crippen LogP contribution < -0.4 is 5.32 Å². The van der Waals surface area contributed by atoms with Gasteiger partial charge in [-0.15, -0.1) is 0 Å². The lowest BCUT2D eigenvalue weighted by Gasteiger charge is -2.48. The summed E-state index contributed by atoms with van der Waals surface area (Å²) in [6, 6.07) is -0.994. The van der Waals surface area contributed by atoms with Crippen molar-refractivity contribution in [3.8, 4) is 0 Å². The Bertz CT molecular complexity index is 1830. The molecule has 0 aromatic rings. The van der Waals surface area contributed by atoms with Gasteiger partial charge in [0.25, 0.3) is 0 Å². The zero-order chi connectivity index (χ0) is 67.5. The van der Waals surface area contributed by atoms with Gasteiger partial charge in [0.1, 0.15) is 73.2 Å². The molecule has 3 heterocycles. The molecule has 0 saturated carbocycles. The van der Waals surface area contributed by atoms with Gasteiger partial charge in [-0.25, -0.2) is 0 Å². The Labute approximate surface area is 561 Å². The van der Waals surface area contributed by atoms with E-state index in [4.69, 9.17) is 28.4 Å². The van der Waals surface area contributed by atoms with Gasteiger partial charge in [0, 0.05) is 6.42 Å². The molecule has 3 aliphatic rings. The SMILES string of the molecule is CCCCCCCC/C=C\CCCCCCCC(=O)NC(COC1OC(CO)C(OC2OC(CO)C(OC3OC(CO)C(O)C(O)C3O)C(O)C2O)C(O)C1O)C(O)/C=C/CC/C=C/CCCCCCCCCCCCCCCCCCCCCCCCCCCCC. The highest BCUT2D eigenvalue weighted by Gasteiger charge is 2.53. The highest BCUT2D eigenvalue weighted by molar-refractivity contribution is 5.76. The number of rotatable bonds is 59. The summed E-state index contributed by atoms with van der Waals surface area (Å²) in [4.78, 5) is 13.4. The van der Waals surface area contributed by atoms with Gasteiger partial charge in [0.05, 0.1) is 38.6 Å². The van der Waals surface area contributed by atoms with E-state index in [1.165, 1.54) is 205 Å². The number of aliphatic hydroxyl groups is 11. The van der Waals surface area contributed by atoms with E-state index >= 15 is 0 Å². The second-order valence-corrected chi connectivity index (χ2v) is 27.1. The van der Waals surface area contributed by atoms with E-state index in [0.717, 1.165) is 57.8 Å². The molecule has 93 heavy (non-hydrogen) atoms. The molecule has 17 unspecified atom stereocenters.